The van der Waals surface area contributed by atoms with E-state index in [-0.39, 0.29) is 25.7 Å². The fourth-order valence-corrected chi connectivity index (χ4v) is 12.9. The highest BCUT2D eigenvalue weighted by Crippen LogP contribution is 2.45. The molecule has 96 heavy (non-hydrogen) atoms. The molecule has 0 amide bonds. The average molecular weight is 1410 g/mol. The van der Waals surface area contributed by atoms with Crippen molar-refractivity contribution in [1.29, 1.82) is 0 Å². The standard InChI is InChI=1S/C77H146O17P2/c1-6-9-12-15-18-21-23-25-27-28-30-32-37-42-47-52-57-62-76(81)94-73(67-88-75(80)61-56-51-46-41-36-31-29-26-24-22-19-16-13-10-7-2)69-92-96(85,86)90-65-71(78)64-89-95(83,84)91-68-72(66-87-74(79)60-55-50-45-39-20-17-14-11-8-3)93-77(82)63-58-53-48-43-38-34-33-35-40-44-49-54-59-70(4)5/h22,24,26,29,70-73,78H,6-21,23,25,27-28,30-69H2,1-5H3,(H,83,84)(H,85,86)/b24-22-,29-26-/t71-,72+,73+/m0/s1. The van der Waals surface area contributed by atoms with E-state index in [1.165, 1.54) is 186 Å². The van der Waals surface area contributed by atoms with Gasteiger partial charge in [-0.3, -0.25) is 37.3 Å². The summed E-state index contributed by atoms with van der Waals surface area (Å²) >= 11 is 0. The fourth-order valence-electron chi connectivity index (χ4n) is 11.3. The van der Waals surface area contributed by atoms with E-state index in [4.69, 9.17) is 37.0 Å². The number of carbonyl (C=O) groups excluding carboxylic acids is 4. The predicted molar refractivity (Wildman–Crippen MR) is 391 cm³/mol. The maximum absolute atomic E-state index is 13.1. The zero-order chi connectivity index (χ0) is 70.5. The normalized spacial score (nSPS) is 14.1. The van der Waals surface area contributed by atoms with Crippen LogP contribution in [0.25, 0.3) is 0 Å². The highest BCUT2D eigenvalue weighted by Gasteiger charge is 2.30. The van der Waals surface area contributed by atoms with Gasteiger partial charge in [0, 0.05) is 25.7 Å². The third kappa shape index (κ3) is 70.0. The molecule has 0 fully saturated rings. The average Bonchev–Trinajstić information content (AvgIpc) is 1.32. The molecule has 0 aromatic carbocycles. The minimum atomic E-state index is -4.96. The molecule has 0 rings (SSSR count). The number of hydrogen-bond acceptors (Lipinski definition) is 15. The van der Waals surface area contributed by atoms with Gasteiger partial charge in [-0.1, -0.05) is 329 Å². The lowest BCUT2D eigenvalue weighted by molar-refractivity contribution is -0.161. The number of ether oxygens (including phenoxy) is 4. The zero-order valence-electron chi connectivity index (χ0n) is 62.0. The zero-order valence-corrected chi connectivity index (χ0v) is 63.8. The molecule has 0 saturated carbocycles. The molecule has 19 heteroatoms. The lowest BCUT2D eigenvalue weighted by Crippen LogP contribution is -2.30. The Kier molecular flexibility index (Phi) is 67.8. The molecule has 0 aliphatic heterocycles. The van der Waals surface area contributed by atoms with E-state index in [9.17, 15) is 43.2 Å². The molecule has 0 radical (unpaired) electrons. The quantitative estimate of drug-likeness (QED) is 0.0169. The predicted octanol–water partition coefficient (Wildman–Crippen LogP) is 22.4. The van der Waals surface area contributed by atoms with Crippen molar-refractivity contribution in [2.75, 3.05) is 39.6 Å². The molecule has 0 bridgehead atoms. The van der Waals surface area contributed by atoms with Crippen molar-refractivity contribution in [3.05, 3.63) is 24.3 Å². The third-order valence-electron chi connectivity index (χ3n) is 17.4. The summed E-state index contributed by atoms with van der Waals surface area (Å²) in [5.74, 6) is -1.37. The summed E-state index contributed by atoms with van der Waals surface area (Å²) in [6.45, 7) is 7.23. The Labute approximate surface area is 586 Å². The number of phosphoric acid groups is 2. The Bertz CT molecular complexity index is 1930. The lowest BCUT2D eigenvalue weighted by atomic mass is 10.0. The Morgan fingerprint density at radius 2 is 0.562 bits per heavy atom. The van der Waals surface area contributed by atoms with Crippen molar-refractivity contribution >= 4 is 39.5 Å². The van der Waals surface area contributed by atoms with E-state index < -0.39 is 97.5 Å². The molecule has 0 spiro atoms. The maximum Gasteiger partial charge on any atom is 0.472 e. The van der Waals surface area contributed by atoms with Crippen molar-refractivity contribution in [2.45, 2.75) is 400 Å². The van der Waals surface area contributed by atoms with Crippen LogP contribution in [0, 0.1) is 5.92 Å². The monoisotopic (exact) mass is 1410 g/mol. The Hall–Kier alpha value is -2.46. The number of unbranched alkanes of at least 4 members (excludes halogenated alkanes) is 44. The van der Waals surface area contributed by atoms with Crippen LogP contribution in [-0.2, 0) is 65.4 Å². The van der Waals surface area contributed by atoms with Gasteiger partial charge in [-0.15, -0.1) is 0 Å². The van der Waals surface area contributed by atoms with E-state index in [1.54, 1.807) is 0 Å². The van der Waals surface area contributed by atoms with Crippen molar-refractivity contribution in [1.82, 2.24) is 0 Å². The summed E-state index contributed by atoms with van der Waals surface area (Å²) in [5.41, 5.74) is 0. The molecule has 0 saturated heterocycles. The molecule has 566 valence electrons. The molecule has 0 aliphatic carbocycles. The lowest BCUT2D eigenvalue weighted by Gasteiger charge is -2.21. The largest absolute Gasteiger partial charge is 0.472 e. The Morgan fingerprint density at radius 3 is 0.854 bits per heavy atom. The minimum absolute atomic E-state index is 0.102. The van der Waals surface area contributed by atoms with Crippen LogP contribution < -0.4 is 0 Å². The van der Waals surface area contributed by atoms with Gasteiger partial charge >= 0.3 is 39.5 Å². The third-order valence-corrected chi connectivity index (χ3v) is 19.3. The van der Waals surface area contributed by atoms with Gasteiger partial charge < -0.3 is 33.8 Å². The van der Waals surface area contributed by atoms with Gasteiger partial charge in [-0.05, 0) is 57.3 Å². The van der Waals surface area contributed by atoms with E-state index in [0.29, 0.717) is 25.7 Å². The van der Waals surface area contributed by atoms with Gasteiger partial charge in [0.15, 0.2) is 12.2 Å². The van der Waals surface area contributed by atoms with Crippen LogP contribution in [0.3, 0.4) is 0 Å². The van der Waals surface area contributed by atoms with Crippen LogP contribution in [0.4, 0.5) is 0 Å². The molecule has 5 atom stereocenters. The molecule has 0 aromatic rings. The van der Waals surface area contributed by atoms with E-state index in [2.05, 4.69) is 58.9 Å². The molecule has 0 aliphatic rings. The van der Waals surface area contributed by atoms with Gasteiger partial charge in [0.2, 0.25) is 0 Å². The first-order valence-electron chi connectivity index (χ1n) is 39.5. The Balaban J connectivity index is 5.27. The van der Waals surface area contributed by atoms with Crippen LogP contribution in [0.1, 0.15) is 381 Å². The van der Waals surface area contributed by atoms with Crippen molar-refractivity contribution in [3.63, 3.8) is 0 Å². The molecule has 0 aromatic heterocycles. The number of aliphatic hydroxyl groups excluding tert-OH is 1. The molecule has 17 nitrogen and oxygen atoms in total. The SMILES string of the molecule is CCCCCC/C=C\C=C/CCCCCCCC(=O)OC[C@H](COP(=O)(O)OC[C@@H](O)COP(=O)(O)OC[C@@H](COC(=O)CCCCCCCCCCC)OC(=O)CCCCCCCCCCCCCCC(C)C)OC(=O)CCCCCCCCCCCCCCCCCCC. The number of esters is 4. The second-order valence-electron chi connectivity index (χ2n) is 27.5. The number of aliphatic hydroxyl groups is 1. The van der Waals surface area contributed by atoms with Crippen molar-refractivity contribution in [2.24, 2.45) is 5.92 Å². The summed E-state index contributed by atoms with van der Waals surface area (Å²) in [5, 5.41) is 10.6. The molecular formula is C77H146O17P2. The Morgan fingerprint density at radius 1 is 0.323 bits per heavy atom. The first-order chi connectivity index (χ1) is 46.5. The van der Waals surface area contributed by atoms with E-state index >= 15 is 0 Å². The first kappa shape index (κ1) is 93.5. The summed E-state index contributed by atoms with van der Waals surface area (Å²) in [4.78, 5) is 72.8. The van der Waals surface area contributed by atoms with E-state index in [0.717, 1.165) is 115 Å². The number of phosphoric ester groups is 2. The molecule has 3 N–H and O–H groups in total. The smallest absolute Gasteiger partial charge is 0.462 e. The van der Waals surface area contributed by atoms with Crippen LogP contribution in [0.5, 0.6) is 0 Å². The summed E-state index contributed by atoms with van der Waals surface area (Å²) in [6.07, 6.45) is 61.8. The molecular weight excluding hydrogens is 1260 g/mol. The number of allylic oxidation sites excluding steroid dienone is 4. The first-order valence-corrected chi connectivity index (χ1v) is 42.4. The number of hydrogen-bond donors (Lipinski definition) is 3. The molecule has 0 heterocycles. The number of carbonyl (C=O) groups is 4. The fraction of sp³-hybridized carbons (Fsp3) is 0.896. The van der Waals surface area contributed by atoms with Gasteiger partial charge in [-0.25, -0.2) is 9.13 Å². The van der Waals surface area contributed by atoms with Crippen LogP contribution in [0.15, 0.2) is 24.3 Å². The van der Waals surface area contributed by atoms with Gasteiger partial charge in [-0.2, -0.15) is 0 Å². The minimum Gasteiger partial charge on any atom is -0.462 e. The topological polar surface area (TPSA) is 237 Å². The van der Waals surface area contributed by atoms with Gasteiger partial charge in [0.05, 0.1) is 26.4 Å². The van der Waals surface area contributed by atoms with Gasteiger partial charge in [0.25, 0.3) is 0 Å². The van der Waals surface area contributed by atoms with Gasteiger partial charge in [0.1, 0.15) is 19.3 Å². The van der Waals surface area contributed by atoms with Crippen molar-refractivity contribution < 1.29 is 80.2 Å². The van der Waals surface area contributed by atoms with Crippen LogP contribution >= 0.6 is 15.6 Å². The number of rotatable bonds is 75. The second kappa shape index (κ2) is 69.6. The second-order valence-corrected chi connectivity index (χ2v) is 30.4. The van der Waals surface area contributed by atoms with E-state index in [1.807, 2.05) is 0 Å². The summed E-state index contributed by atoms with van der Waals surface area (Å²) < 4.78 is 68.5. The summed E-state index contributed by atoms with van der Waals surface area (Å²) in [7, 11) is -9.92. The summed E-state index contributed by atoms with van der Waals surface area (Å²) in [6, 6.07) is 0. The molecule has 2 unspecified atom stereocenters. The highest BCUT2D eigenvalue weighted by molar-refractivity contribution is 7.47. The van der Waals surface area contributed by atoms with Crippen LogP contribution in [0.2, 0.25) is 0 Å². The highest BCUT2D eigenvalue weighted by atomic mass is 31.2. The maximum atomic E-state index is 13.1. The van der Waals surface area contributed by atoms with Crippen molar-refractivity contribution in [3.8, 4) is 0 Å². The van der Waals surface area contributed by atoms with Crippen LogP contribution in [-0.4, -0.2) is 96.7 Å².